The fourth-order valence-electron chi connectivity index (χ4n) is 2.47. The number of hydrogen-bond donors (Lipinski definition) is 2. The Labute approximate surface area is 96.9 Å². The molecule has 0 aliphatic carbocycles. The number of hydrogen-bond acceptors (Lipinski definition) is 3. The smallest absolute Gasteiger partial charge is 0.0443 e. The van der Waals surface area contributed by atoms with E-state index in [0.29, 0.717) is 5.92 Å². The van der Waals surface area contributed by atoms with Gasteiger partial charge >= 0.3 is 0 Å². The largest absolute Gasteiger partial charge is 0.398 e. The van der Waals surface area contributed by atoms with Gasteiger partial charge in [0.1, 0.15) is 0 Å². The lowest BCUT2D eigenvalue weighted by Gasteiger charge is -2.16. The molecule has 1 heterocycles. The molecule has 0 spiro atoms. The first-order valence-corrected chi connectivity index (χ1v) is 5.99. The molecule has 3 heteroatoms. The van der Waals surface area contributed by atoms with Crippen LogP contribution in [0, 0.1) is 0 Å². The van der Waals surface area contributed by atoms with Crippen LogP contribution in [0.2, 0.25) is 0 Å². The predicted molar refractivity (Wildman–Crippen MR) is 66.4 cm³/mol. The van der Waals surface area contributed by atoms with E-state index in [1.807, 2.05) is 12.1 Å². The Morgan fingerprint density at radius 2 is 2.19 bits per heavy atom. The number of nitrogens with zero attached hydrogens (tertiary/aromatic N) is 1. The lowest BCUT2D eigenvalue weighted by molar-refractivity contribution is 0.247. The first-order valence-electron chi connectivity index (χ1n) is 5.99. The van der Waals surface area contributed by atoms with Crippen molar-refractivity contribution in [2.75, 3.05) is 32.0 Å². The minimum absolute atomic E-state index is 0.286. The Hall–Kier alpha value is -1.06. The van der Waals surface area contributed by atoms with E-state index < -0.39 is 0 Å². The van der Waals surface area contributed by atoms with Crippen LogP contribution in [0.3, 0.4) is 0 Å². The number of anilines is 1. The van der Waals surface area contributed by atoms with Gasteiger partial charge in [0.05, 0.1) is 0 Å². The summed E-state index contributed by atoms with van der Waals surface area (Å²) < 4.78 is 0. The van der Waals surface area contributed by atoms with Crippen LogP contribution in [0.1, 0.15) is 24.3 Å². The molecule has 3 nitrogen and oxygen atoms in total. The van der Waals surface area contributed by atoms with E-state index in [1.165, 1.54) is 12.0 Å². The van der Waals surface area contributed by atoms with Crippen LogP contribution in [-0.2, 0) is 0 Å². The number of nitrogen functional groups attached to an aromatic ring is 1. The Bertz CT molecular complexity index is 340. The molecule has 0 saturated carbocycles. The van der Waals surface area contributed by atoms with E-state index in [-0.39, 0.29) is 6.61 Å². The van der Waals surface area contributed by atoms with Gasteiger partial charge in [-0.1, -0.05) is 18.2 Å². The van der Waals surface area contributed by atoms with Gasteiger partial charge in [-0.3, -0.25) is 0 Å². The summed E-state index contributed by atoms with van der Waals surface area (Å²) in [7, 11) is 0. The molecule has 1 saturated heterocycles. The molecule has 1 fully saturated rings. The van der Waals surface area contributed by atoms with Gasteiger partial charge in [-0.25, -0.2) is 0 Å². The second-order valence-corrected chi connectivity index (χ2v) is 4.49. The number of aliphatic hydroxyl groups is 1. The molecule has 1 aliphatic rings. The van der Waals surface area contributed by atoms with Crippen LogP contribution in [-0.4, -0.2) is 36.2 Å². The number of aliphatic hydroxyl groups excluding tert-OH is 1. The average molecular weight is 220 g/mol. The predicted octanol–water partition coefficient (Wildman–Crippen LogP) is 1.44. The number of likely N-dealkylation sites (tertiary alicyclic amines) is 1. The molecular weight excluding hydrogens is 200 g/mol. The van der Waals surface area contributed by atoms with Crippen LogP contribution in [0.5, 0.6) is 0 Å². The highest BCUT2D eigenvalue weighted by molar-refractivity contribution is 5.48. The van der Waals surface area contributed by atoms with Crippen molar-refractivity contribution in [3.63, 3.8) is 0 Å². The van der Waals surface area contributed by atoms with Crippen molar-refractivity contribution in [2.45, 2.75) is 18.8 Å². The van der Waals surface area contributed by atoms with Crippen molar-refractivity contribution < 1.29 is 5.11 Å². The second kappa shape index (κ2) is 5.32. The van der Waals surface area contributed by atoms with Crippen LogP contribution in [0.25, 0.3) is 0 Å². The molecule has 0 amide bonds. The number of rotatable bonds is 4. The third kappa shape index (κ3) is 2.54. The maximum Gasteiger partial charge on any atom is 0.0443 e. The second-order valence-electron chi connectivity index (χ2n) is 4.49. The van der Waals surface area contributed by atoms with Crippen LogP contribution >= 0.6 is 0 Å². The van der Waals surface area contributed by atoms with E-state index >= 15 is 0 Å². The van der Waals surface area contributed by atoms with Gasteiger partial charge in [-0.05, 0) is 36.9 Å². The van der Waals surface area contributed by atoms with Crippen molar-refractivity contribution in [1.29, 1.82) is 0 Å². The third-order valence-electron chi connectivity index (χ3n) is 3.34. The molecule has 1 aromatic rings. The molecule has 1 atom stereocenters. The third-order valence-corrected chi connectivity index (χ3v) is 3.34. The Balaban J connectivity index is 1.96. The molecule has 16 heavy (non-hydrogen) atoms. The molecule has 3 N–H and O–H groups in total. The highest BCUT2D eigenvalue weighted by Crippen LogP contribution is 2.30. The highest BCUT2D eigenvalue weighted by atomic mass is 16.3. The molecular formula is C13H20N2O. The minimum Gasteiger partial charge on any atom is -0.398 e. The summed E-state index contributed by atoms with van der Waals surface area (Å²) in [6.45, 7) is 3.49. The van der Waals surface area contributed by atoms with Crippen molar-refractivity contribution in [2.24, 2.45) is 0 Å². The quantitative estimate of drug-likeness (QED) is 0.755. The van der Waals surface area contributed by atoms with Gasteiger partial charge in [0.25, 0.3) is 0 Å². The van der Waals surface area contributed by atoms with E-state index in [2.05, 4.69) is 17.0 Å². The zero-order valence-electron chi connectivity index (χ0n) is 9.60. The van der Waals surface area contributed by atoms with E-state index in [9.17, 15) is 0 Å². The lowest BCUT2D eigenvalue weighted by atomic mass is 9.97. The van der Waals surface area contributed by atoms with Crippen molar-refractivity contribution in [1.82, 2.24) is 4.90 Å². The van der Waals surface area contributed by atoms with Crippen molar-refractivity contribution in [3.05, 3.63) is 29.8 Å². The standard InChI is InChI=1S/C13H20N2O/c14-13-5-2-1-4-12(13)11-6-8-15(10-11)7-3-9-16/h1-2,4-5,11,16H,3,6-10,14H2. The zero-order chi connectivity index (χ0) is 11.4. The monoisotopic (exact) mass is 220 g/mol. The lowest BCUT2D eigenvalue weighted by Crippen LogP contribution is -2.22. The number of para-hydroxylation sites is 1. The maximum atomic E-state index is 8.81. The summed E-state index contributed by atoms with van der Waals surface area (Å²) in [4.78, 5) is 2.41. The summed E-state index contributed by atoms with van der Waals surface area (Å²) in [6.07, 6.45) is 2.05. The SMILES string of the molecule is Nc1ccccc1C1CCN(CCCO)C1. The molecule has 1 aliphatic heterocycles. The summed E-state index contributed by atoms with van der Waals surface area (Å²) in [5, 5.41) is 8.81. The van der Waals surface area contributed by atoms with Gasteiger partial charge in [-0.2, -0.15) is 0 Å². The fraction of sp³-hybridized carbons (Fsp3) is 0.538. The normalized spacial score (nSPS) is 21.4. The molecule has 1 unspecified atom stereocenters. The van der Waals surface area contributed by atoms with Crippen LogP contribution in [0.4, 0.5) is 5.69 Å². The molecule has 0 radical (unpaired) electrons. The summed E-state index contributed by atoms with van der Waals surface area (Å²) in [6, 6.07) is 8.15. The maximum absolute atomic E-state index is 8.81. The number of benzene rings is 1. The fourth-order valence-corrected chi connectivity index (χ4v) is 2.47. The zero-order valence-corrected chi connectivity index (χ0v) is 9.60. The molecule has 88 valence electrons. The molecule has 1 aromatic carbocycles. The summed E-state index contributed by atoms with van der Waals surface area (Å²) >= 11 is 0. The minimum atomic E-state index is 0.286. The Morgan fingerprint density at radius 3 is 2.94 bits per heavy atom. The summed E-state index contributed by atoms with van der Waals surface area (Å²) in [5.74, 6) is 0.569. The van der Waals surface area contributed by atoms with E-state index in [4.69, 9.17) is 10.8 Å². The summed E-state index contributed by atoms with van der Waals surface area (Å²) in [5.41, 5.74) is 8.19. The van der Waals surface area contributed by atoms with Gasteiger partial charge < -0.3 is 15.7 Å². The van der Waals surface area contributed by atoms with Crippen molar-refractivity contribution >= 4 is 5.69 Å². The Morgan fingerprint density at radius 1 is 1.38 bits per heavy atom. The van der Waals surface area contributed by atoms with Gasteiger partial charge in [0.2, 0.25) is 0 Å². The first-order chi connectivity index (χ1) is 7.81. The van der Waals surface area contributed by atoms with Crippen LogP contribution < -0.4 is 5.73 Å². The van der Waals surface area contributed by atoms with E-state index in [0.717, 1.165) is 31.7 Å². The molecule has 0 bridgehead atoms. The van der Waals surface area contributed by atoms with Gasteiger partial charge in [0, 0.05) is 25.4 Å². The van der Waals surface area contributed by atoms with Gasteiger partial charge in [0.15, 0.2) is 0 Å². The molecule has 2 rings (SSSR count). The van der Waals surface area contributed by atoms with Crippen molar-refractivity contribution in [3.8, 4) is 0 Å². The topological polar surface area (TPSA) is 49.5 Å². The number of nitrogens with two attached hydrogens (primary N) is 1. The average Bonchev–Trinajstić information content (AvgIpc) is 2.75. The first kappa shape index (κ1) is 11.4. The van der Waals surface area contributed by atoms with Crippen LogP contribution in [0.15, 0.2) is 24.3 Å². The Kier molecular flexibility index (Phi) is 3.80. The highest BCUT2D eigenvalue weighted by Gasteiger charge is 2.24. The molecule has 0 aromatic heterocycles. The van der Waals surface area contributed by atoms with E-state index in [1.54, 1.807) is 0 Å². The van der Waals surface area contributed by atoms with Gasteiger partial charge in [-0.15, -0.1) is 0 Å².